The summed E-state index contributed by atoms with van der Waals surface area (Å²) in [6, 6.07) is 16.8. The van der Waals surface area contributed by atoms with Crippen molar-refractivity contribution in [3.05, 3.63) is 60.3 Å². The number of hydrogen-bond acceptors (Lipinski definition) is 3. The molecule has 1 aliphatic heterocycles. The van der Waals surface area contributed by atoms with Crippen LogP contribution in [0.4, 0.5) is 0 Å². The van der Waals surface area contributed by atoms with Crippen LogP contribution in [0.2, 0.25) is 0 Å². The number of ether oxygens (including phenoxy) is 1. The van der Waals surface area contributed by atoms with Crippen molar-refractivity contribution in [2.75, 3.05) is 13.7 Å². The van der Waals surface area contributed by atoms with Gasteiger partial charge < -0.3 is 9.30 Å². The first-order chi connectivity index (χ1) is 11.6. The summed E-state index contributed by atoms with van der Waals surface area (Å²) in [7, 11) is -1.94. The molecule has 4 rings (SSSR count). The van der Waals surface area contributed by atoms with Crippen LogP contribution in [0.25, 0.3) is 10.9 Å². The zero-order valence-electron chi connectivity index (χ0n) is 13.3. The van der Waals surface area contributed by atoms with E-state index in [-0.39, 0.29) is 0 Å². The second kappa shape index (κ2) is 5.65. The average Bonchev–Trinajstić information content (AvgIpc) is 2.99. The van der Waals surface area contributed by atoms with Crippen molar-refractivity contribution < 1.29 is 13.2 Å². The monoisotopic (exact) mass is 342 g/mol. The van der Waals surface area contributed by atoms with Crippen molar-refractivity contribution in [2.24, 2.45) is 0 Å². The van der Waals surface area contributed by atoms with Crippen LogP contribution in [0.3, 0.4) is 0 Å². The van der Waals surface area contributed by atoms with Crippen LogP contribution in [0.5, 0.6) is 5.75 Å². The van der Waals surface area contributed by atoms with E-state index in [2.05, 4.69) is 22.8 Å². The summed E-state index contributed by atoms with van der Waals surface area (Å²) in [5.41, 5.74) is 2.19. The third-order valence-electron chi connectivity index (χ3n) is 4.50. The Labute approximate surface area is 141 Å². The third-order valence-corrected chi connectivity index (χ3v) is 6.36. The van der Waals surface area contributed by atoms with Crippen molar-refractivity contribution in [3.63, 3.8) is 0 Å². The van der Waals surface area contributed by atoms with Crippen LogP contribution in [0, 0.1) is 0 Å². The smallest absolute Gasteiger partial charge is 0.243 e. The Morgan fingerprint density at radius 2 is 1.75 bits per heavy atom. The van der Waals surface area contributed by atoms with Crippen LogP contribution < -0.4 is 4.74 Å². The molecule has 1 aromatic heterocycles. The molecule has 0 spiro atoms. The van der Waals surface area contributed by atoms with Gasteiger partial charge in [0, 0.05) is 24.3 Å². The molecule has 0 N–H and O–H groups in total. The molecule has 0 saturated heterocycles. The summed E-state index contributed by atoms with van der Waals surface area (Å²) >= 11 is 0. The van der Waals surface area contributed by atoms with Gasteiger partial charge in [0.05, 0.1) is 18.6 Å². The van der Waals surface area contributed by atoms with E-state index >= 15 is 0 Å². The van der Waals surface area contributed by atoms with Crippen molar-refractivity contribution in [3.8, 4) is 5.75 Å². The third kappa shape index (κ3) is 2.39. The van der Waals surface area contributed by atoms with Gasteiger partial charge in [-0.05, 0) is 41.8 Å². The Kier molecular flexibility index (Phi) is 3.58. The SMILES string of the molecule is COc1ccc(S(=O)(=O)N2CCn3c(cc4ccccc43)C2)cc1. The van der Waals surface area contributed by atoms with E-state index < -0.39 is 10.0 Å². The molecule has 1 aliphatic rings. The Bertz CT molecular complexity index is 991. The minimum absolute atomic E-state index is 0.299. The van der Waals surface area contributed by atoms with Gasteiger partial charge >= 0.3 is 0 Å². The minimum Gasteiger partial charge on any atom is -0.497 e. The topological polar surface area (TPSA) is 51.5 Å². The van der Waals surface area contributed by atoms with Gasteiger partial charge in [-0.2, -0.15) is 4.31 Å². The molecular formula is C18H18N2O3S. The fourth-order valence-electron chi connectivity index (χ4n) is 3.24. The summed E-state index contributed by atoms with van der Waals surface area (Å²) in [5, 5.41) is 1.15. The molecule has 2 aromatic carbocycles. The van der Waals surface area contributed by atoms with Gasteiger partial charge in [0.2, 0.25) is 10.0 Å². The molecule has 0 fully saturated rings. The van der Waals surface area contributed by atoms with Crippen molar-refractivity contribution >= 4 is 20.9 Å². The summed E-state index contributed by atoms with van der Waals surface area (Å²) in [5.74, 6) is 0.646. The molecule has 0 amide bonds. The van der Waals surface area contributed by atoms with Crippen molar-refractivity contribution in [2.45, 2.75) is 18.0 Å². The lowest BCUT2D eigenvalue weighted by Gasteiger charge is -2.28. The van der Waals surface area contributed by atoms with Gasteiger partial charge in [0.25, 0.3) is 0 Å². The van der Waals surface area contributed by atoms with Crippen LogP contribution in [0.15, 0.2) is 59.5 Å². The Morgan fingerprint density at radius 1 is 1.00 bits per heavy atom. The van der Waals surface area contributed by atoms with Crippen LogP contribution in [-0.2, 0) is 23.1 Å². The average molecular weight is 342 g/mol. The van der Waals surface area contributed by atoms with E-state index in [1.807, 2.05) is 12.1 Å². The second-order valence-corrected chi connectivity index (χ2v) is 7.80. The number of nitrogens with zero attached hydrogens (tertiary/aromatic N) is 2. The molecule has 2 heterocycles. The first-order valence-corrected chi connectivity index (χ1v) is 9.25. The lowest BCUT2D eigenvalue weighted by molar-refractivity contribution is 0.345. The minimum atomic E-state index is -3.50. The van der Waals surface area contributed by atoms with Gasteiger partial charge in [-0.1, -0.05) is 18.2 Å². The van der Waals surface area contributed by atoms with E-state index in [1.165, 1.54) is 0 Å². The standard InChI is InChI=1S/C18H18N2O3S/c1-23-16-6-8-17(9-7-16)24(21,22)19-10-11-20-15(13-19)12-14-4-2-3-5-18(14)20/h2-9,12H,10-11,13H2,1H3. The molecule has 3 aromatic rings. The van der Waals surface area contributed by atoms with Crippen LogP contribution in [0.1, 0.15) is 5.69 Å². The second-order valence-electron chi connectivity index (χ2n) is 5.86. The maximum Gasteiger partial charge on any atom is 0.243 e. The maximum absolute atomic E-state index is 12.9. The number of aromatic nitrogens is 1. The zero-order valence-corrected chi connectivity index (χ0v) is 14.2. The van der Waals surface area contributed by atoms with E-state index in [0.717, 1.165) is 16.6 Å². The molecule has 0 aliphatic carbocycles. The van der Waals surface area contributed by atoms with E-state index in [1.54, 1.807) is 35.7 Å². The summed E-state index contributed by atoms with van der Waals surface area (Å²) in [6.07, 6.45) is 0. The fourth-order valence-corrected chi connectivity index (χ4v) is 4.64. The largest absolute Gasteiger partial charge is 0.497 e. The quantitative estimate of drug-likeness (QED) is 0.735. The van der Waals surface area contributed by atoms with E-state index in [4.69, 9.17) is 4.74 Å². The van der Waals surface area contributed by atoms with Crippen molar-refractivity contribution in [1.82, 2.24) is 8.87 Å². The molecule has 0 atom stereocenters. The first-order valence-electron chi connectivity index (χ1n) is 7.81. The van der Waals surface area contributed by atoms with Gasteiger partial charge in [0.1, 0.15) is 5.75 Å². The van der Waals surface area contributed by atoms with E-state index in [0.29, 0.717) is 30.3 Å². The zero-order chi connectivity index (χ0) is 16.7. The highest BCUT2D eigenvalue weighted by Crippen LogP contribution is 2.27. The first kappa shape index (κ1) is 15.2. The molecule has 0 saturated carbocycles. The number of rotatable bonds is 3. The molecule has 6 heteroatoms. The maximum atomic E-state index is 12.9. The highest BCUT2D eigenvalue weighted by atomic mass is 32.2. The van der Waals surface area contributed by atoms with E-state index in [9.17, 15) is 8.42 Å². The fraction of sp³-hybridized carbons (Fsp3) is 0.222. The Hall–Kier alpha value is -2.31. The molecule has 0 radical (unpaired) electrons. The predicted molar refractivity (Wildman–Crippen MR) is 92.5 cm³/mol. The lowest BCUT2D eigenvalue weighted by atomic mass is 10.2. The number of benzene rings is 2. The Morgan fingerprint density at radius 3 is 2.50 bits per heavy atom. The van der Waals surface area contributed by atoms with Gasteiger partial charge in [0.15, 0.2) is 0 Å². The lowest BCUT2D eigenvalue weighted by Crippen LogP contribution is -2.37. The van der Waals surface area contributed by atoms with Crippen LogP contribution in [-0.4, -0.2) is 30.9 Å². The van der Waals surface area contributed by atoms with Crippen molar-refractivity contribution in [1.29, 1.82) is 0 Å². The highest BCUT2D eigenvalue weighted by molar-refractivity contribution is 7.89. The van der Waals surface area contributed by atoms with Gasteiger partial charge in [-0.25, -0.2) is 8.42 Å². The Balaban J connectivity index is 1.67. The summed E-state index contributed by atoms with van der Waals surface area (Å²) in [4.78, 5) is 0.299. The number of fused-ring (bicyclic) bond motifs is 3. The normalized spacial score (nSPS) is 15.4. The molecule has 5 nitrogen and oxygen atoms in total. The molecule has 24 heavy (non-hydrogen) atoms. The molecule has 124 valence electrons. The molecule has 0 bridgehead atoms. The number of hydrogen-bond donors (Lipinski definition) is 0. The number of methoxy groups -OCH3 is 1. The summed E-state index contributed by atoms with van der Waals surface area (Å²) < 4.78 is 34.6. The number of sulfonamides is 1. The highest BCUT2D eigenvalue weighted by Gasteiger charge is 2.29. The predicted octanol–water partition coefficient (Wildman–Crippen LogP) is 2.85. The number of para-hydroxylation sites is 1. The molecule has 0 unspecified atom stereocenters. The van der Waals surface area contributed by atoms with Gasteiger partial charge in [-0.15, -0.1) is 0 Å². The van der Waals surface area contributed by atoms with Gasteiger partial charge in [-0.3, -0.25) is 0 Å². The molecular weight excluding hydrogens is 324 g/mol. The van der Waals surface area contributed by atoms with Crippen LogP contribution >= 0.6 is 0 Å². The summed E-state index contributed by atoms with van der Waals surface area (Å²) in [6.45, 7) is 1.53.